The number of carbonyl (C=O) groups is 2. The van der Waals surface area contributed by atoms with Gasteiger partial charge >= 0.3 is 12.0 Å². The van der Waals surface area contributed by atoms with Gasteiger partial charge in [-0.25, -0.2) is 9.59 Å². The maximum Gasteiger partial charge on any atom is 0.326 e. The van der Waals surface area contributed by atoms with Crippen molar-refractivity contribution in [2.45, 2.75) is 32.2 Å². The summed E-state index contributed by atoms with van der Waals surface area (Å²) in [6, 6.07) is -1.02. The Morgan fingerprint density at radius 3 is 2.76 bits per heavy atom. The molecular weight excluding hydrogens is 276 g/mol. The van der Waals surface area contributed by atoms with Gasteiger partial charge in [0.15, 0.2) is 0 Å². The Morgan fingerprint density at radius 2 is 2.10 bits per heavy atom. The van der Waals surface area contributed by atoms with Crippen LogP contribution in [0.4, 0.5) is 4.79 Å². The van der Waals surface area contributed by atoms with E-state index in [1.165, 1.54) is 4.90 Å². The molecule has 0 spiro atoms. The van der Waals surface area contributed by atoms with Crippen LogP contribution < -0.4 is 5.32 Å². The first-order valence-corrected chi connectivity index (χ1v) is 7.40. The number of carboxylic acid groups (broad SMARTS) is 1. The number of ether oxygens (including phenoxy) is 2. The summed E-state index contributed by atoms with van der Waals surface area (Å²) >= 11 is 0. The zero-order chi connectivity index (χ0) is 15.7. The second-order valence-electron chi connectivity index (χ2n) is 5.37. The molecule has 2 N–H and O–H groups in total. The van der Waals surface area contributed by atoms with Gasteiger partial charge in [-0.1, -0.05) is 6.92 Å². The number of methoxy groups -OCH3 is 1. The Labute approximate surface area is 125 Å². The van der Waals surface area contributed by atoms with Gasteiger partial charge in [-0.15, -0.1) is 0 Å². The van der Waals surface area contributed by atoms with Gasteiger partial charge in [0.05, 0.1) is 13.2 Å². The molecule has 2 atom stereocenters. The van der Waals surface area contributed by atoms with Crippen LogP contribution in [0.3, 0.4) is 0 Å². The zero-order valence-corrected chi connectivity index (χ0v) is 12.8. The lowest BCUT2D eigenvalue weighted by Crippen LogP contribution is -2.53. The smallest absolute Gasteiger partial charge is 0.326 e. The molecule has 1 heterocycles. The van der Waals surface area contributed by atoms with Gasteiger partial charge < -0.3 is 24.8 Å². The fourth-order valence-corrected chi connectivity index (χ4v) is 2.33. The van der Waals surface area contributed by atoms with Crippen LogP contribution in [0.15, 0.2) is 0 Å². The highest BCUT2D eigenvalue weighted by atomic mass is 16.5. The average molecular weight is 302 g/mol. The summed E-state index contributed by atoms with van der Waals surface area (Å²) in [5, 5.41) is 12.0. The number of rotatable bonds is 8. The number of urea groups is 1. The number of likely N-dealkylation sites (tertiary alicyclic amines) is 1. The van der Waals surface area contributed by atoms with Crippen LogP contribution >= 0.6 is 0 Å². The highest BCUT2D eigenvalue weighted by Gasteiger charge is 2.34. The van der Waals surface area contributed by atoms with Gasteiger partial charge in [0, 0.05) is 26.8 Å². The summed E-state index contributed by atoms with van der Waals surface area (Å²) in [6.07, 6.45) is 2.05. The summed E-state index contributed by atoms with van der Waals surface area (Å²) in [4.78, 5) is 24.7. The SMILES string of the molecule is COCCOCCCNC(=O)N1CCC(C)CC1C(=O)O. The molecule has 1 fully saturated rings. The number of piperidine rings is 1. The molecule has 0 aromatic rings. The van der Waals surface area contributed by atoms with E-state index >= 15 is 0 Å². The Morgan fingerprint density at radius 1 is 1.33 bits per heavy atom. The molecule has 0 saturated carbocycles. The van der Waals surface area contributed by atoms with E-state index in [4.69, 9.17) is 9.47 Å². The molecule has 0 aromatic heterocycles. The highest BCUT2D eigenvalue weighted by molar-refractivity contribution is 5.82. The largest absolute Gasteiger partial charge is 0.480 e. The second-order valence-corrected chi connectivity index (χ2v) is 5.37. The van der Waals surface area contributed by atoms with Gasteiger partial charge in [0.2, 0.25) is 0 Å². The van der Waals surface area contributed by atoms with E-state index in [1.807, 2.05) is 6.92 Å². The second kappa shape index (κ2) is 9.57. The van der Waals surface area contributed by atoms with Crippen molar-refractivity contribution in [2.75, 3.05) is 40.0 Å². The van der Waals surface area contributed by atoms with Crippen LogP contribution in [0.1, 0.15) is 26.2 Å². The first-order valence-electron chi connectivity index (χ1n) is 7.40. The van der Waals surface area contributed by atoms with Crippen molar-refractivity contribution in [1.82, 2.24) is 10.2 Å². The van der Waals surface area contributed by atoms with Gasteiger partial charge in [0.25, 0.3) is 0 Å². The normalized spacial score (nSPS) is 22.1. The lowest BCUT2D eigenvalue weighted by molar-refractivity contribution is -0.143. The molecule has 1 saturated heterocycles. The van der Waals surface area contributed by atoms with Crippen molar-refractivity contribution in [3.8, 4) is 0 Å². The molecule has 0 aromatic carbocycles. The number of hydrogen-bond donors (Lipinski definition) is 2. The van der Waals surface area contributed by atoms with Gasteiger partial charge in [0.1, 0.15) is 6.04 Å². The Kier molecular flexibility index (Phi) is 8.07. The fraction of sp³-hybridized carbons (Fsp3) is 0.857. The molecule has 2 unspecified atom stereocenters. The quantitative estimate of drug-likeness (QED) is 0.651. The Hall–Kier alpha value is -1.34. The molecule has 21 heavy (non-hydrogen) atoms. The van der Waals surface area contributed by atoms with Crippen LogP contribution in [0.25, 0.3) is 0 Å². The summed E-state index contributed by atoms with van der Waals surface area (Å²) in [6.45, 7) is 4.62. The van der Waals surface area contributed by atoms with Crippen molar-refractivity contribution >= 4 is 12.0 Å². The Balaban J connectivity index is 2.25. The highest BCUT2D eigenvalue weighted by Crippen LogP contribution is 2.22. The lowest BCUT2D eigenvalue weighted by Gasteiger charge is -2.35. The number of carbonyl (C=O) groups excluding carboxylic acids is 1. The molecule has 1 rings (SSSR count). The molecule has 1 aliphatic rings. The van der Waals surface area contributed by atoms with E-state index in [0.717, 1.165) is 6.42 Å². The number of aliphatic carboxylic acids is 1. The molecule has 1 aliphatic heterocycles. The van der Waals surface area contributed by atoms with Crippen molar-refractivity contribution in [1.29, 1.82) is 0 Å². The predicted octanol–water partition coefficient (Wildman–Crippen LogP) is 0.934. The molecular formula is C14H26N2O5. The standard InChI is InChI=1S/C14H26N2O5/c1-11-4-6-16(12(10-11)13(17)18)14(19)15-5-3-7-21-9-8-20-2/h11-12H,3-10H2,1-2H3,(H,15,19)(H,17,18). The topological polar surface area (TPSA) is 88.1 Å². The third kappa shape index (κ3) is 6.31. The predicted molar refractivity (Wildman–Crippen MR) is 77.2 cm³/mol. The first-order chi connectivity index (χ1) is 10.1. The van der Waals surface area contributed by atoms with Crippen LogP contribution in [0.5, 0.6) is 0 Å². The van der Waals surface area contributed by atoms with E-state index in [2.05, 4.69) is 5.32 Å². The van der Waals surface area contributed by atoms with Crippen molar-refractivity contribution in [3.05, 3.63) is 0 Å². The maximum absolute atomic E-state index is 12.0. The first kappa shape index (κ1) is 17.7. The van der Waals surface area contributed by atoms with E-state index in [9.17, 15) is 14.7 Å². The van der Waals surface area contributed by atoms with Gasteiger partial charge in [-0.3, -0.25) is 0 Å². The minimum absolute atomic E-state index is 0.300. The van der Waals surface area contributed by atoms with Crippen LogP contribution in [0.2, 0.25) is 0 Å². The number of amides is 2. The van der Waals surface area contributed by atoms with E-state index in [0.29, 0.717) is 51.7 Å². The summed E-state index contributed by atoms with van der Waals surface area (Å²) in [7, 11) is 1.61. The van der Waals surface area contributed by atoms with Crippen LogP contribution in [-0.4, -0.2) is 68.1 Å². The molecule has 2 amide bonds. The maximum atomic E-state index is 12.0. The molecule has 122 valence electrons. The molecule has 0 aliphatic carbocycles. The minimum Gasteiger partial charge on any atom is -0.480 e. The van der Waals surface area contributed by atoms with Crippen molar-refractivity contribution < 1.29 is 24.2 Å². The number of nitrogens with zero attached hydrogens (tertiary/aromatic N) is 1. The van der Waals surface area contributed by atoms with Gasteiger partial charge in [-0.2, -0.15) is 0 Å². The van der Waals surface area contributed by atoms with Crippen LogP contribution in [0, 0.1) is 5.92 Å². The minimum atomic E-state index is -0.931. The number of carboxylic acids is 1. The average Bonchev–Trinajstić information content (AvgIpc) is 2.46. The van der Waals surface area contributed by atoms with Gasteiger partial charge in [-0.05, 0) is 25.2 Å². The van der Waals surface area contributed by atoms with Crippen LogP contribution in [-0.2, 0) is 14.3 Å². The Bertz CT molecular complexity index is 337. The summed E-state index contributed by atoms with van der Waals surface area (Å²) < 4.78 is 10.1. The fourth-order valence-electron chi connectivity index (χ4n) is 2.33. The number of hydrogen-bond acceptors (Lipinski definition) is 4. The van der Waals surface area contributed by atoms with E-state index in [1.54, 1.807) is 7.11 Å². The van der Waals surface area contributed by atoms with Crippen molar-refractivity contribution in [3.63, 3.8) is 0 Å². The third-order valence-corrected chi connectivity index (χ3v) is 3.58. The summed E-state index contributed by atoms with van der Waals surface area (Å²) in [5.74, 6) is -0.594. The third-order valence-electron chi connectivity index (χ3n) is 3.58. The molecule has 0 bridgehead atoms. The lowest BCUT2D eigenvalue weighted by atomic mass is 9.93. The van der Waals surface area contributed by atoms with E-state index < -0.39 is 12.0 Å². The molecule has 7 nitrogen and oxygen atoms in total. The number of nitrogens with one attached hydrogen (secondary N) is 1. The monoisotopic (exact) mass is 302 g/mol. The summed E-state index contributed by atoms with van der Waals surface area (Å²) in [5.41, 5.74) is 0. The van der Waals surface area contributed by atoms with Crippen molar-refractivity contribution in [2.24, 2.45) is 5.92 Å². The molecule has 0 radical (unpaired) electrons. The van der Waals surface area contributed by atoms with E-state index in [-0.39, 0.29) is 6.03 Å². The zero-order valence-electron chi connectivity index (χ0n) is 12.8. The molecule has 7 heteroatoms.